The van der Waals surface area contributed by atoms with E-state index in [4.69, 9.17) is 17.6 Å². The smallest absolute Gasteiger partial charge is 0.331 e. The van der Waals surface area contributed by atoms with Crippen molar-refractivity contribution in [2.24, 2.45) is 46.7 Å². The summed E-state index contributed by atoms with van der Waals surface area (Å²) in [5, 5.41) is 0. The number of rotatable bonds is 1. The van der Waals surface area contributed by atoms with Crippen molar-refractivity contribution in [2.45, 2.75) is 5.54 Å². The third kappa shape index (κ3) is 0.241. The summed E-state index contributed by atoms with van der Waals surface area (Å²) in [5.74, 6) is 3.48. The predicted molar refractivity (Wildman–Crippen MR) is 42.2 cm³/mol. The zero-order valence-electron chi connectivity index (χ0n) is 6.74. The average molecular weight is 198 g/mol. The largest absolute Gasteiger partial charge is 0.347 e. The monoisotopic (exact) mass is 197 g/mol. The van der Waals surface area contributed by atoms with Crippen LogP contribution in [0.1, 0.15) is 0 Å². The normalized spacial score (nSPS) is 82.0. The molecule has 0 atom stereocenters. The highest BCUT2D eigenvalue weighted by Gasteiger charge is 3.11. The molecule has 6 saturated carbocycles. The van der Waals surface area contributed by atoms with Crippen LogP contribution in [0.4, 0.5) is 0 Å². The summed E-state index contributed by atoms with van der Waals surface area (Å²) in [4.78, 5) is 11.5. The highest BCUT2D eigenvalue weighted by molar-refractivity contribution is 6.14. The van der Waals surface area contributed by atoms with E-state index in [9.17, 15) is 4.79 Å². The lowest BCUT2D eigenvalue weighted by Crippen LogP contribution is -3.15. The molecule has 0 radical (unpaired) electrons. The lowest BCUT2D eigenvalue weighted by atomic mass is 8.94. The Balaban J connectivity index is 1.65. The van der Waals surface area contributed by atoms with Crippen LogP contribution in [-0.2, 0) is 9.08 Å². The van der Waals surface area contributed by atoms with Crippen LogP contribution >= 0.6 is 11.9 Å². The molecule has 0 bridgehead atoms. The molecule has 13 heavy (non-hydrogen) atoms. The Morgan fingerprint density at radius 2 is 1.62 bits per heavy atom. The van der Waals surface area contributed by atoms with Crippen LogP contribution in [0.2, 0.25) is 0 Å². The molecule has 0 saturated heterocycles. The van der Waals surface area contributed by atoms with Crippen LogP contribution in [0.3, 0.4) is 0 Å². The third-order valence-corrected chi connectivity index (χ3v) is 6.27. The van der Waals surface area contributed by atoms with Gasteiger partial charge in [-0.3, -0.25) is 0 Å². The van der Waals surface area contributed by atoms with Gasteiger partial charge >= 0.3 is 5.97 Å². The highest BCUT2D eigenvalue weighted by atomic mass is 35.5. The first-order chi connectivity index (χ1) is 6.21. The lowest BCUT2D eigenvalue weighted by molar-refractivity contribution is -0.604. The van der Waals surface area contributed by atoms with Crippen LogP contribution in [0, 0.1) is 40.9 Å². The van der Waals surface area contributed by atoms with Crippen molar-refractivity contribution in [1.29, 1.82) is 0 Å². The SMILES string of the molecule is NC12C3C4C1C1C2C3C41C(=O)OCl. The Labute approximate surface area is 79.7 Å². The maximum absolute atomic E-state index is 11.5. The van der Waals surface area contributed by atoms with Crippen molar-refractivity contribution in [2.75, 3.05) is 0 Å². The molecule has 0 spiro atoms. The molecule has 2 N–H and O–H groups in total. The molecule has 6 aliphatic carbocycles. The van der Waals surface area contributed by atoms with Crippen molar-refractivity contribution < 1.29 is 9.08 Å². The van der Waals surface area contributed by atoms with Gasteiger partial charge in [0.15, 0.2) is 0 Å². The zero-order valence-corrected chi connectivity index (χ0v) is 7.49. The van der Waals surface area contributed by atoms with Gasteiger partial charge in [-0.05, 0) is 35.5 Å². The summed E-state index contributed by atoms with van der Waals surface area (Å²) in [6.07, 6.45) is 0. The number of carbonyl (C=O) groups is 1. The van der Waals surface area contributed by atoms with Crippen LogP contribution in [0.25, 0.3) is 0 Å². The standard InChI is InChI=1S/C9H8ClNO2/c10-13-7(12)8-1-4-2(8)6-3(8)5(1)9(4,6)11/h1-6H,11H2. The van der Waals surface area contributed by atoms with Crippen molar-refractivity contribution in [3.8, 4) is 0 Å². The van der Waals surface area contributed by atoms with Gasteiger partial charge in [0, 0.05) is 5.54 Å². The van der Waals surface area contributed by atoms with Gasteiger partial charge < -0.3 is 10.0 Å². The van der Waals surface area contributed by atoms with Crippen LogP contribution < -0.4 is 5.73 Å². The Bertz CT molecular complexity index is 340. The molecule has 0 aliphatic heterocycles. The number of hydrogen-bond acceptors (Lipinski definition) is 3. The van der Waals surface area contributed by atoms with Gasteiger partial charge in [0.2, 0.25) is 0 Å². The minimum absolute atomic E-state index is 0.122. The van der Waals surface area contributed by atoms with E-state index in [-0.39, 0.29) is 16.9 Å². The minimum Gasteiger partial charge on any atom is -0.347 e. The summed E-state index contributed by atoms with van der Waals surface area (Å²) in [5.41, 5.74) is 6.25. The summed E-state index contributed by atoms with van der Waals surface area (Å²) in [7, 11) is 0. The third-order valence-electron chi connectivity index (χ3n) is 6.13. The summed E-state index contributed by atoms with van der Waals surface area (Å²) < 4.78 is 4.39. The molecule has 4 heteroatoms. The predicted octanol–water partition coefficient (Wildman–Crippen LogP) is 0.132. The van der Waals surface area contributed by atoms with E-state index in [1.165, 1.54) is 0 Å². The first-order valence-electron chi connectivity index (χ1n) is 4.83. The van der Waals surface area contributed by atoms with Gasteiger partial charge in [-0.2, -0.15) is 0 Å². The molecule has 0 aromatic rings. The number of nitrogens with two attached hydrogens (primary N) is 1. The quantitative estimate of drug-likeness (QED) is 0.650. The Kier molecular flexibility index (Phi) is 0.569. The van der Waals surface area contributed by atoms with Gasteiger partial charge in [0.1, 0.15) is 11.9 Å². The van der Waals surface area contributed by atoms with Gasteiger partial charge in [-0.15, -0.1) is 0 Å². The second-order valence-electron chi connectivity index (χ2n) is 5.45. The molecule has 0 aromatic heterocycles. The second-order valence-corrected chi connectivity index (χ2v) is 5.61. The van der Waals surface area contributed by atoms with E-state index in [0.29, 0.717) is 35.5 Å². The summed E-state index contributed by atoms with van der Waals surface area (Å²) >= 11 is 5.16. The van der Waals surface area contributed by atoms with E-state index in [2.05, 4.69) is 4.29 Å². The Hall–Kier alpha value is -0.280. The number of carbonyl (C=O) groups excluding carboxylic acids is 1. The Morgan fingerprint density at radius 1 is 1.15 bits per heavy atom. The van der Waals surface area contributed by atoms with Crippen LogP contribution in [-0.4, -0.2) is 11.5 Å². The number of halogens is 1. The zero-order chi connectivity index (χ0) is 8.75. The van der Waals surface area contributed by atoms with E-state index in [1.807, 2.05) is 0 Å². The van der Waals surface area contributed by atoms with Crippen molar-refractivity contribution in [3.63, 3.8) is 0 Å². The second kappa shape index (κ2) is 1.18. The van der Waals surface area contributed by atoms with E-state index in [0.717, 1.165) is 0 Å². The molecule has 0 heterocycles. The van der Waals surface area contributed by atoms with Gasteiger partial charge in [0.05, 0.1) is 5.41 Å². The minimum atomic E-state index is -0.167. The molecule has 0 aromatic carbocycles. The number of hydrogen-bond donors (Lipinski definition) is 1. The lowest BCUT2D eigenvalue weighted by Gasteiger charge is -3.09. The van der Waals surface area contributed by atoms with Crippen molar-refractivity contribution >= 4 is 17.8 Å². The fraction of sp³-hybridized carbons (Fsp3) is 0.889. The van der Waals surface area contributed by atoms with E-state index in [1.54, 1.807) is 0 Å². The summed E-state index contributed by atoms with van der Waals surface area (Å²) in [6, 6.07) is 0. The average Bonchev–Trinajstić information content (AvgIpc) is 2.18. The molecule has 6 aliphatic rings. The molecule has 6 fully saturated rings. The molecule has 3 nitrogen and oxygen atoms in total. The molecule has 6 rings (SSSR count). The van der Waals surface area contributed by atoms with Gasteiger partial charge in [-0.1, -0.05) is 0 Å². The first-order valence-corrected chi connectivity index (χ1v) is 5.14. The summed E-state index contributed by atoms with van der Waals surface area (Å²) in [6.45, 7) is 0. The first kappa shape index (κ1) is 6.25. The Morgan fingerprint density at radius 3 is 2.00 bits per heavy atom. The fourth-order valence-electron chi connectivity index (χ4n) is 6.09. The van der Waals surface area contributed by atoms with E-state index >= 15 is 0 Å². The maximum Gasteiger partial charge on any atom is 0.331 e. The van der Waals surface area contributed by atoms with E-state index < -0.39 is 0 Å². The van der Waals surface area contributed by atoms with Crippen molar-refractivity contribution in [1.82, 2.24) is 0 Å². The molecular weight excluding hydrogens is 190 g/mol. The molecule has 0 unspecified atom stereocenters. The van der Waals surface area contributed by atoms with Crippen molar-refractivity contribution in [3.05, 3.63) is 0 Å². The van der Waals surface area contributed by atoms with Crippen LogP contribution in [0.5, 0.6) is 0 Å². The fourth-order valence-corrected chi connectivity index (χ4v) is 6.22. The molecule has 0 amide bonds. The molecular formula is C9H8ClNO2. The van der Waals surface area contributed by atoms with Gasteiger partial charge in [-0.25, -0.2) is 4.79 Å². The van der Waals surface area contributed by atoms with Crippen LogP contribution in [0.15, 0.2) is 0 Å². The maximum atomic E-state index is 11.5. The van der Waals surface area contributed by atoms with Gasteiger partial charge in [0.25, 0.3) is 0 Å². The highest BCUT2D eigenvalue weighted by Crippen LogP contribution is 3.06. The molecule has 68 valence electrons. The topological polar surface area (TPSA) is 52.3 Å².